The molecule has 0 aliphatic carbocycles. The Morgan fingerprint density at radius 2 is 2.07 bits per heavy atom. The molecular formula is C10H19ClFNO2. The molecule has 1 aliphatic rings. The lowest BCUT2D eigenvalue weighted by atomic mass is 9.96. The molecule has 0 aromatic rings. The number of carbonyl (C=O) groups excluding carboxylic acids is 1. The van der Waals surface area contributed by atoms with Gasteiger partial charge in [0.2, 0.25) is 5.67 Å². The first-order valence-electron chi connectivity index (χ1n) is 4.97. The van der Waals surface area contributed by atoms with Crippen LogP contribution >= 0.6 is 12.4 Å². The lowest BCUT2D eigenvalue weighted by Crippen LogP contribution is -2.50. The molecule has 1 heterocycles. The summed E-state index contributed by atoms with van der Waals surface area (Å²) in [5.74, 6) is -0.739. The lowest BCUT2D eigenvalue weighted by molar-refractivity contribution is -0.170. The zero-order valence-electron chi connectivity index (χ0n) is 9.43. The van der Waals surface area contributed by atoms with Gasteiger partial charge in [-0.05, 0) is 40.2 Å². The van der Waals surface area contributed by atoms with Crippen molar-refractivity contribution < 1.29 is 13.9 Å². The van der Waals surface area contributed by atoms with Crippen LogP contribution in [0.1, 0.15) is 33.6 Å². The third kappa shape index (κ3) is 4.34. The molecule has 3 nitrogen and oxygen atoms in total. The molecule has 1 aliphatic heterocycles. The Morgan fingerprint density at radius 1 is 1.47 bits per heavy atom. The molecule has 0 bridgehead atoms. The van der Waals surface area contributed by atoms with E-state index < -0.39 is 17.2 Å². The van der Waals surface area contributed by atoms with Gasteiger partial charge in [0.25, 0.3) is 0 Å². The number of rotatable bonds is 1. The Kier molecular flexibility index (Phi) is 5.00. The van der Waals surface area contributed by atoms with Gasteiger partial charge in [0.1, 0.15) is 5.60 Å². The molecule has 0 aromatic carbocycles. The quantitative estimate of drug-likeness (QED) is 0.710. The molecule has 0 spiro atoms. The minimum Gasteiger partial charge on any atom is -0.458 e. The molecule has 1 atom stereocenters. The van der Waals surface area contributed by atoms with Gasteiger partial charge in [0.15, 0.2) is 0 Å². The van der Waals surface area contributed by atoms with Gasteiger partial charge in [0.05, 0.1) is 0 Å². The van der Waals surface area contributed by atoms with Gasteiger partial charge < -0.3 is 10.1 Å². The van der Waals surface area contributed by atoms with Crippen LogP contribution in [0.3, 0.4) is 0 Å². The summed E-state index contributed by atoms with van der Waals surface area (Å²) < 4.78 is 19.0. The zero-order valence-corrected chi connectivity index (χ0v) is 10.2. The fraction of sp³-hybridized carbons (Fsp3) is 0.900. The topological polar surface area (TPSA) is 38.3 Å². The highest BCUT2D eigenvalue weighted by atomic mass is 35.5. The Bertz CT molecular complexity index is 222. The minimum absolute atomic E-state index is 0. The van der Waals surface area contributed by atoms with Crippen molar-refractivity contribution in [2.24, 2.45) is 0 Å². The first-order chi connectivity index (χ1) is 6.33. The van der Waals surface area contributed by atoms with Gasteiger partial charge in [-0.15, -0.1) is 12.4 Å². The molecule has 1 fully saturated rings. The number of carbonyl (C=O) groups is 1. The second kappa shape index (κ2) is 5.12. The van der Waals surface area contributed by atoms with E-state index in [9.17, 15) is 9.18 Å². The molecule has 0 amide bonds. The van der Waals surface area contributed by atoms with Crippen LogP contribution in [0.5, 0.6) is 0 Å². The van der Waals surface area contributed by atoms with Gasteiger partial charge in [-0.3, -0.25) is 0 Å². The highest BCUT2D eigenvalue weighted by Crippen LogP contribution is 2.24. The predicted octanol–water partition coefficient (Wildman–Crippen LogP) is 1.84. The lowest BCUT2D eigenvalue weighted by Gasteiger charge is -2.31. The second-order valence-corrected chi connectivity index (χ2v) is 4.75. The summed E-state index contributed by atoms with van der Waals surface area (Å²) in [6, 6.07) is 0. The zero-order chi connectivity index (χ0) is 10.8. The standard InChI is InChI=1S/C10H18FNO2.ClH/c1-9(2,3)14-8(13)10(11)5-4-6-12-7-10;/h12H,4-7H2,1-3H3;1H. The minimum atomic E-state index is -1.83. The van der Waals surface area contributed by atoms with Crippen LogP contribution in [0, 0.1) is 0 Å². The number of alkyl halides is 1. The molecule has 5 heteroatoms. The highest BCUT2D eigenvalue weighted by molar-refractivity contribution is 5.85. The van der Waals surface area contributed by atoms with E-state index in [0.29, 0.717) is 6.42 Å². The first-order valence-corrected chi connectivity index (χ1v) is 4.97. The molecule has 0 radical (unpaired) electrons. The normalized spacial score (nSPS) is 26.7. The average molecular weight is 240 g/mol. The molecular weight excluding hydrogens is 221 g/mol. The van der Waals surface area contributed by atoms with Crippen LogP contribution in [-0.4, -0.2) is 30.3 Å². The Balaban J connectivity index is 0.00000196. The van der Waals surface area contributed by atoms with Gasteiger partial charge in [-0.25, -0.2) is 9.18 Å². The Labute approximate surface area is 96.2 Å². The smallest absolute Gasteiger partial charge is 0.345 e. The average Bonchev–Trinajstić information content (AvgIpc) is 2.02. The number of hydrogen-bond donors (Lipinski definition) is 1. The number of esters is 1. The van der Waals surface area contributed by atoms with Crippen LogP contribution in [-0.2, 0) is 9.53 Å². The summed E-state index contributed by atoms with van der Waals surface area (Å²) in [6.45, 7) is 6.07. The third-order valence-corrected chi connectivity index (χ3v) is 2.10. The summed E-state index contributed by atoms with van der Waals surface area (Å²) in [5, 5.41) is 2.87. The van der Waals surface area contributed by atoms with Crippen LogP contribution in [0.25, 0.3) is 0 Å². The van der Waals surface area contributed by atoms with Crippen molar-refractivity contribution in [3.8, 4) is 0 Å². The van der Waals surface area contributed by atoms with Crippen LogP contribution in [0.4, 0.5) is 4.39 Å². The van der Waals surface area contributed by atoms with Gasteiger partial charge in [-0.1, -0.05) is 0 Å². The van der Waals surface area contributed by atoms with E-state index in [1.54, 1.807) is 20.8 Å². The molecule has 90 valence electrons. The summed E-state index contributed by atoms with van der Waals surface area (Å²) in [7, 11) is 0. The van der Waals surface area contributed by atoms with E-state index >= 15 is 0 Å². The molecule has 1 saturated heterocycles. The summed E-state index contributed by atoms with van der Waals surface area (Å²) in [4.78, 5) is 11.5. The fourth-order valence-corrected chi connectivity index (χ4v) is 1.41. The molecule has 1 rings (SSSR count). The van der Waals surface area contributed by atoms with Crippen molar-refractivity contribution in [3.05, 3.63) is 0 Å². The van der Waals surface area contributed by atoms with Crippen LogP contribution in [0.15, 0.2) is 0 Å². The molecule has 1 N–H and O–H groups in total. The molecule has 0 aromatic heterocycles. The van der Waals surface area contributed by atoms with E-state index in [0.717, 1.165) is 6.54 Å². The van der Waals surface area contributed by atoms with Crippen molar-refractivity contribution >= 4 is 18.4 Å². The van der Waals surface area contributed by atoms with Crippen molar-refractivity contribution in [3.63, 3.8) is 0 Å². The number of piperidine rings is 1. The SMILES string of the molecule is CC(C)(C)OC(=O)C1(F)CCCNC1.Cl. The van der Waals surface area contributed by atoms with E-state index in [-0.39, 0.29) is 25.4 Å². The van der Waals surface area contributed by atoms with Gasteiger partial charge in [-0.2, -0.15) is 0 Å². The maximum Gasteiger partial charge on any atom is 0.345 e. The van der Waals surface area contributed by atoms with E-state index in [2.05, 4.69) is 5.32 Å². The van der Waals surface area contributed by atoms with Gasteiger partial charge in [0, 0.05) is 6.54 Å². The maximum absolute atomic E-state index is 14.0. The number of nitrogens with one attached hydrogen (secondary N) is 1. The Hall–Kier alpha value is -0.350. The van der Waals surface area contributed by atoms with Crippen molar-refractivity contribution in [2.75, 3.05) is 13.1 Å². The van der Waals surface area contributed by atoms with Crippen LogP contribution in [0.2, 0.25) is 0 Å². The summed E-state index contributed by atoms with van der Waals surface area (Å²) in [5.41, 5.74) is -2.45. The van der Waals surface area contributed by atoms with Crippen molar-refractivity contribution in [1.29, 1.82) is 0 Å². The number of ether oxygens (including phenoxy) is 1. The molecule has 15 heavy (non-hydrogen) atoms. The molecule has 0 saturated carbocycles. The van der Waals surface area contributed by atoms with Gasteiger partial charge >= 0.3 is 5.97 Å². The van der Waals surface area contributed by atoms with E-state index in [1.165, 1.54) is 0 Å². The highest BCUT2D eigenvalue weighted by Gasteiger charge is 2.42. The first kappa shape index (κ1) is 14.6. The van der Waals surface area contributed by atoms with Crippen LogP contribution < -0.4 is 5.32 Å². The third-order valence-electron chi connectivity index (χ3n) is 2.10. The largest absolute Gasteiger partial charge is 0.458 e. The van der Waals surface area contributed by atoms with E-state index in [4.69, 9.17) is 4.74 Å². The second-order valence-electron chi connectivity index (χ2n) is 4.75. The summed E-state index contributed by atoms with van der Waals surface area (Å²) >= 11 is 0. The van der Waals surface area contributed by atoms with Crippen molar-refractivity contribution in [2.45, 2.75) is 44.9 Å². The number of hydrogen-bond acceptors (Lipinski definition) is 3. The van der Waals surface area contributed by atoms with Crippen molar-refractivity contribution in [1.82, 2.24) is 5.32 Å². The Morgan fingerprint density at radius 3 is 2.47 bits per heavy atom. The predicted molar refractivity (Wildman–Crippen MR) is 59.0 cm³/mol. The monoisotopic (exact) mass is 239 g/mol. The molecule has 1 unspecified atom stereocenters. The summed E-state index contributed by atoms with van der Waals surface area (Å²) in [6.07, 6.45) is 0.935. The maximum atomic E-state index is 14.0. The van der Waals surface area contributed by atoms with E-state index in [1.807, 2.05) is 0 Å². The fourth-order valence-electron chi connectivity index (χ4n) is 1.41. The number of halogens is 2.